The number of rotatable bonds is 21. The van der Waals surface area contributed by atoms with E-state index in [0.717, 1.165) is 65.2 Å². The van der Waals surface area contributed by atoms with Crippen LogP contribution < -0.4 is 73.5 Å². The molecule has 0 aromatic heterocycles. The van der Waals surface area contributed by atoms with Crippen molar-refractivity contribution >= 4 is 70.5 Å². The van der Waals surface area contributed by atoms with Gasteiger partial charge in [0.2, 0.25) is 59.3 Å². The minimum atomic E-state index is -2.39. The maximum atomic E-state index is 16.7. The minimum Gasteiger partial charge on any atom is -0.508 e. The third-order valence-corrected chi connectivity index (χ3v) is 24.8. The van der Waals surface area contributed by atoms with E-state index in [2.05, 4.69) is 47.9 Å². The Balaban J connectivity index is 0.973. The van der Waals surface area contributed by atoms with Crippen LogP contribution in [-0.2, 0) is 75.1 Å². The summed E-state index contributed by atoms with van der Waals surface area (Å²) in [6, 6.07) is 26.7. The normalized spacial score (nSPS) is 28.9. The van der Waals surface area contributed by atoms with Crippen molar-refractivity contribution < 1.29 is 122 Å². The van der Waals surface area contributed by atoms with Crippen molar-refractivity contribution in [2.24, 2.45) is 17.4 Å². The number of fused-ring (bicyclic) bond motifs is 15. The maximum Gasteiger partial charge on any atom is 0.248 e. The number of nitrogens with one attached hydrogen (secondary N) is 9. The largest absolute Gasteiger partial charge is 0.508 e. The molecule has 22 atom stereocenters. The molecule has 3 saturated heterocycles. The summed E-state index contributed by atoms with van der Waals surface area (Å²) >= 11 is 14.8. The second-order valence-electron chi connectivity index (χ2n) is 34.4. The lowest BCUT2D eigenvalue weighted by Crippen LogP contribution is -2.65. The summed E-state index contributed by atoms with van der Waals surface area (Å²) in [5, 5.41) is 131. The predicted octanol–water partition coefficient (Wildman–Crippen LogP) is 5.07. The molecule has 131 heavy (non-hydrogen) atoms. The monoisotopic (exact) mass is 1850 g/mol. The number of phenols is 3. The molecule has 0 unspecified atom stereocenters. The first-order chi connectivity index (χ1) is 62.4. The van der Waals surface area contributed by atoms with Gasteiger partial charge in [-0.2, -0.15) is 0 Å². The van der Waals surface area contributed by atoms with Crippen LogP contribution in [0.3, 0.4) is 0 Å². The molecular formula is C93H105Cl2N11O25. The average Bonchev–Trinajstić information content (AvgIpc) is 0.763. The fraction of sp³-hybridized carbons (Fsp3) is 0.398. The number of aromatic hydroxyl groups is 3. The van der Waals surface area contributed by atoms with E-state index >= 15 is 28.8 Å². The van der Waals surface area contributed by atoms with Crippen LogP contribution in [0, 0.1) is 5.92 Å². The van der Waals surface area contributed by atoms with E-state index in [-0.39, 0.29) is 77.0 Å². The highest BCUT2D eigenvalue weighted by Gasteiger charge is 2.53. The Kier molecular flexibility index (Phi) is 29.3. The van der Waals surface area contributed by atoms with Gasteiger partial charge >= 0.3 is 0 Å². The molecule has 0 radical (unpaired) electrons. The van der Waals surface area contributed by atoms with Crippen LogP contribution in [0.2, 0.25) is 10.0 Å². The molecule has 11 bridgehead atoms. The van der Waals surface area contributed by atoms with E-state index < -0.39 is 250 Å². The summed E-state index contributed by atoms with van der Waals surface area (Å²) in [6.07, 6.45) is -22.7. The van der Waals surface area contributed by atoms with E-state index in [1.807, 2.05) is 68.4 Å². The smallest absolute Gasteiger partial charge is 0.248 e. The molecule has 0 aliphatic carbocycles. The van der Waals surface area contributed by atoms with E-state index in [1.54, 1.807) is 44.2 Å². The van der Waals surface area contributed by atoms with Gasteiger partial charge in [0.25, 0.3) is 0 Å². The first-order valence-electron chi connectivity index (χ1n) is 42.6. The Bertz CT molecular complexity index is 5580. The zero-order valence-corrected chi connectivity index (χ0v) is 73.6. The van der Waals surface area contributed by atoms with Crippen molar-refractivity contribution in [2.75, 3.05) is 13.7 Å². The van der Waals surface area contributed by atoms with Gasteiger partial charge in [0.1, 0.15) is 95.5 Å². The van der Waals surface area contributed by atoms with E-state index in [4.69, 9.17) is 72.6 Å². The Labute approximate surface area is 762 Å². The summed E-state index contributed by atoms with van der Waals surface area (Å²) in [5.74, 6) is -14.7. The molecule has 8 heterocycles. The molecule has 8 amide bonds. The number of nitrogens with two attached hydrogens (primary N) is 2. The Morgan fingerprint density at radius 3 is 1.83 bits per heavy atom. The van der Waals surface area contributed by atoms with Gasteiger partial charge in [-0.1, -0.05) is 140 Å². The Hall–Kier alpha value is -11.7. The second-order valence-corrected chi connectivity index (χ2v) is 35.3. The van der Waals surface area contributed by atoms with Gasteiger partial charge < -0.3 is 143 Å². The average molecular weight is 1850 g/mol. The number of halogens is 2. The summed E-state index contributed by atoms with van der Waals surface area (Å²) in [4.78, 5) is 124. The van der Waals surface area contributed by atoms with E-state index in [9.17, 15) is 55.5 Å². The molecule has 0 saturated carbocycles. The highest BCUT2D eigenvalue weighted by Crippen LogP contribution is 2.51. The van der Waals surface area contributed by atoms with Crippen LogP contribution >= 0.6 is 23.2 Å². The first kappa shape index (κ1) is 95.4. The standard InChI is InChI=1S/C93H105Cl2N11O25/c1-42(2)28-58(98-7)84(117)105-74-76(112)50-23-26-62(56(94)30-50)126-64-32-52-33-65(80(64)131-91-81(78(114)77(113)66(41-107)128-91)130-69-38-93(6,83(116)44(4)125-69)100-40-46-18-20-48(21-19-46)47-16-12-9-13-17-47)127-63-27-24-51(31-57(63)95)79(129-68-37-92(5,97)82(115)43(3)124-68)75-90(123)104-73(86(119)99-39-45-14-10-8-11-15-45)55-34-53(108)35-61(110)70(55)54-29-49(22-25-60(54)109)71(87(120)106-75)103-88(121)72(52)102-85(118)59(36-67(96)111)101-89(74)122/h8-27,29-35,42-44,58-59,66,68-69,71-79,81-83,91,98,100,107-110,112-116H,28,36-41,97H2,1-7H3,(H2,96,111)(H,99,119)(H,101,122)(H,102,118)(H,103,121)(H,104,123)(H,105,117)(H,106,120)/t43-,44-,58+,59-,66+,68-,69-,71+,72+,73-,74+,75-,76+,77+,78-,79+,81+,82-,83+,91-,92-,93-/m0/s1. The molecule has 3 fully saturated rings. The quantitative estimate of drug-likeness (QED) is 0.0446. The van der Waals surface area contributed by atoms with Gasteiger partial charge in [-0.05, 0) is 152 Å². The van der Waals surface area contributed by atoms with Gasteiger partial charge in [0.05, 0.1) is 53.5 Å². The SMILES string of the molecule is CN[C@H](CC(C)C)C(=O)N[C@H]1C(=O)N[C@@H](CC(N)=O)C(=O)N[C@H]2C(=O)N[C@H]3C(=O)N[C@H](C(=O)N[C@H](C(=O)NCc4ccccc4)c4cc(O)cc(O)c4-c4cc3ccc4O)[C@H](O[C@H]3C[C@](C)(N)[C@@H](O)[C@H](C)O3)c3ccc(c(Cl)c3)Oc3cc2cc(c3O[C@@H]2O[C@H](CO)[C@@H](O)[C@H](O)[C@H]2O[C@H]2C[C@](C)(NCc3ccc(-c4ccccc4)cc3)[C@H](O)[C@H](C)O2)Oc2ccc(cc2Cl)[C@H]1O. The predicted molar refractivity (Wildman–Crippen MR) is 471 cm³/mol. The zero-order valence-electron chi connectivity index (χ0n) is 72.1. The molecule has 8 aliphatic rings. The molecule has 38 heteroatoms. The van der Waals surface area contributed by atoms with Crippen LogP contribution in [0.1, 0.15) is 137 Å². The third-order valence-electron chi connectivity index (χ3n) is 24.2. The molecule has 8 aliphatic heterocycles. The maximum absolute atomic E-state index is 16.7. The Morgan fingerprint density at radius 2 is 1.20 bits per heavy atom. The second kappa shape index (κ2) is 40.2. The van der Waals surface area contributed by atoms with Gasteiger partial charge in [0, 0.05) is 54.2 Å². The summed E-state index contributed by atoms with van der Waals surface area (Å²) in [7, 11) is 1.49. The number of benzene rings is 8. The van der Waals surface area contributed by atoms with Gasteiger partial charge in [-0.25, -0.2) is 0 Å². The number of aliphatic hydroxyl groups is 6. The fourth-order valence-electron chi connectivity index (χ4n) is 17.1. The van der Waals surface area contributed by atoms with Crippen LogP contribution in [0.25, 0.3) is 22.3 Å². The van der Waals surface area contributed by atoms with Crippen LogP contribution in [-0.4, -0.2) is 210 Å². The van der Waals surface area contributed by atoms with Crippen molar-refractivity contribution in [3.8, 4) is 68.2 Å². The molecule has 0 spiro atoms. The topological polar surface area (TPSA) is 553 Å². The molecule has 696 valence electrons. The number of phenolic OH excluding ortho intramolecular Hbond substituents is 3. The molecule has 22 N–H and O–H groups in total. The van der Waals surface area contributed by atoms with Crippen LogP contribution in [0.4, 0.5) is 0 Å². The lowest BCUT2D eigenvalue weighted by atomic mass is 9.84. The third kappa shape index (κ3) is 21.3. The number of ether oxygens (including phenoxy) is 8. The highest BCUT2D eigenvalue weighted by molar-refractivity contribution is 6.32. The van der Waals surface area contributed by atoms with Crippen molar-refractivity contribution in [3.05, 3.63) is 213 Å². The number of hydrogen-bond donors (Lipinski definition) is 20. The molecule has 16 rings (SSSR count). The zero-order chi connectivity index (χ0) is 93.9. The van der Waals surface area contributed by atoms with Gasteiger partial charge in [0.15, 0.2) is 30.2 Å². The van der Waals surface area contributed by atoms with Crippen LogP contribution in [0.15, 0.2) is 164 Å². The summed E-state index contributed by atoms with van der Waals surface area (Å²) in [6.45, 7) is 9.03. The first-order valence-corrected chi connectivity index (χ1v) is 43.4. The molecule has 8 aromatic rings. The summed E-state index contributed by atoms with van der Waals surface area (Å²) < 4.78 is 53.4. The highest BCUT2D eigenvalue weighted by atomic mass is 35.5. The van der Waals surface area contributed by atoms with Crippen molar-refractivity contribution in [3.63, 3.8) is 0 Å². The van der Waals surface area contributed by atoms with Crippen LogP contribution in [0.5, 0.6) is 46.0 Å². The molecular weight excluding hydrogens is 1740 g/mol. The summed E-state index contributed by atoms with van der Waals surface area (Å²) in [5.41, 5.74) is 11.0. The number of aliphatic hydroxyl groups excluding tert-OH is 6. The lowest BCUT2D eigenvalue weighted by Gasteiger charge is -2.48. The van der Waals surface area contributed by atoms with E-state index in [0.29, 0.717) is 5.56 Å². The van der Waals surface area contributed by atoms with Gasteiger partial charge in [-0.3, -0.25) is 38.4 Å². The number of hydrogen-bond acceptors (Lipinski definition) is 28. The van der Waals surface area contributed by atoms with Crippen molar-refractivity contribution in [2.45, 2.75) is 214 Å². The van der Waals surface area contributed by atoms with E-state index in [1.165, 1.54) is 51.2 Å². The molecule has 36 nitrogen and oxygen atoms in total. The lowest BCUT2D eigenvalue weighted by molar-refractivity contribution is -0.334. The number of primary amides is 1. The Morgan fingerprint density at radius 1 is 0.603 bits per heavy atom. The fourth-order valence-corrected chi connectivity index (χ4v) is 17.5. The van der Waals surface area contributed by atoms with Crippen molar-refractivity contribution in [1.29, 1.82) is 0 Å². The number of carbonyl (C=O) groups excluding carboxylic acids is 8. The number of likely N-dealkylation sites (N-methyl/N-ethyl adjacent to an activating group) is 1. The number of carbonyl (C=O) groups is 8. The number of amides is 8. The van der Waals surface area contributed by atoms with Crippen molar-refractivity contribution in [1.82, 2.24) is 47.9 Å². The van der Waals surface area contributed by atoms with Gasteiger partial charge in [-0.15, -0.1) is 0 Å². The minimum absolute atomic E-state index is 0.113. The molecule has 8 aromatic carbocycles.